The van der Waals surface area contributed by atoms with Crippen LogP contribution in [0.4, 0.5) is 11.4 Å². The van der Waals surface area contributed by atoms with Crippen LogP contribution in [-0.4, -0.2) is 31.5 Å². The Balaban J connectivity index is 1.85. The molecule has 0 atom stereocenters. The number of hydrogen-bond acceptors (Lipinski definition) is 4. The van der Waals surface area contributed by atoms with E-state index in [1.165, 1.54) is 0 Å². The molecule has 0 aliphatic heterocycles. The molecule has 0 aliphatic carbocycles. The lowest BCUT2D eigenvalue weighted by atomic mass is 10.2. The van der Waals surface area contributed by atoms with Crippen LogP contribution < -0.4 is 20.7 Å². The molecular formula is C20H23N3O3. The second kappa shape index (κ2) is 9.88. The Morgan fingerprint density at radius 1 is 1.12 bits per heavy atom. The topological polar surface area (TPSA) is 79.5 Å². The summed E-state index contributed by atoms with van der Waals surface area (Å²) in [6.45, 7) is 6.55. The lowest BCUT2D eigenvalue weighted by Gasteiger charge is -2.10. The maximum absolute atomic E-state index is 12.1. The van der Waals surface area contributed by atoms with Crippen molar-refractivity contribution in [2.24, 2.45) is 0 Å². The third-order valence-corrected chi connectivity index (χ3v) is 3.42. The first-order chi connectivity index (χ1) is 12.6. The molecule has 0 saturated carbocycles. The molecule has 3 N–H and O–H groups in total. The van der Waals surface area contributed by atoms with Gasteiger partial charge in [-0.2, -0.15) is 0 Å². The van der Waals surface area contributed by atoms with Crippen LogP contribution in [0.15, 0.2) is 61.2 Å². The number of amides is 2. The molecule has 2 rings (SSSR count). The number of hydrogen-bond donors (Lipinski definition) is 3. The van der Waals surface area contributed by atoms with E-state index < -0.39 is 0 Å². The molecule has 0 unspecified atom stereocenters. The molecule has 0 radical (unpaired) electrons. The van der Waals surface area contributed by atoms with Gasteiger partial charge in [0.2, 0.25) is 5.91 Å². The van der Waals surface area contributed by atoms with Gasteiger partial charge in [0.25, 0.3) is 5.91 Å². The Morgan fingerprint density at radius 2 is 1.88 bits per heavy atom. The van der Waals surface area contributed by atoms with E-state index in [0.29, 0.717) is 35.8 Å². The molecule has 6 nitrogen and oxygen atoms in total. The summed E-state index contributed by atoms with van der Waals surface area (Å²) in [5, 5.41) is 8.55. The Labute approximate surface area is 153 Å². The summed E-state index contributed by atoms with van der Waals surface area (Å²) in [7, 11) is 0. The second-order valence-electron chi connectivity index (χ2n) is 5.47. The monoisotopic (exact) mass is 353 g/mol. The molecule has 0 saturated heterocycles. The van der Waals surface area contributed by atoms with Crippen molar-refractivity contribution in [1.82, 2.24) is 5.32 Å². The van der Waals surface area contributed by atoms with Gasteiger partial charge in [-0.3, -0.25) is 9.59 Å². The van der Waals surface area contributed by atoms with E-state index in [0.717, 1.165) is 0 Å². The van der Waals surface area contributed by atoms with Crippen molar-refractivity contribution in [2.75, 3.05) is 30.3 Å². The maximum atomic E-state index is 12.1. The van der Waals surface area contributed by atoms with Gasteiger partial charge in [0.1, 0.15) is 12.4 Å². The molecular weight excluding hydrogens is 330 g/mol. The molecule has 0 spiro atoms. The number of benzene rings is 2. The summed E-state index contributed by atoms with van der Waals surface area (Å²) < 4.78 is 5.39. The van der Waals surface area contributed by atoms with Crippen LogP contribution in [0, 0.1) is 0 Å². The highest BCUT2D eigenvalue weighted by molar-refractivity contribution is 5.96. The minimum atomic E-state index is -0.187. The zero-order valence-electron chi connectivity index (χ0n) is 14.7. The summed E-state index contributed by atoms with van der Waals surface area (Å²) in [5.74, 6) is 0.385. The smallest absolute Gasteiger partial charge is 0.251 e. The van der Waals surface area contributed by atoms with E-state index in [-0.39, 0.29) is 18.4 Å². The van der Waals surface area contributed by atoms with E-state index in [4.69, 9.17) is 4.74 Å². The van der Waals surface area contributed by atoms with Crippen molar-refractivity contribution in [3.05, 3.63) is 66.7 Å². The van der Waals surface area contributed by atoms with Gasteiger partial charge in [-0.15, -0.1) is 0 Å². The Hall–Kier alpha value is -3.28. The molecule has 0 fully saturated rings. The quantitative estimate of drug-likeness (QED) is 0.606. The Kier molecular flexibility index (Phi) is 7.24. The number of ether oxygens (including phenoxy) is 1. The van der Waals surface area contributed by atoms with Crippen LogP contribution in [-0.2, 0) is 4.79 Å². The van der Waals surface area contributed by atoms with Crippen LogP contribution in [0.5, 0.6) is 5.75 Å². The van der Waals surface area contributed by atoms with Gasteiger partial charge in [-0.25, -0.2) is 0 Å². The van der Waals surface area contributed by atoms with Crippen LogP contribution in [0.1, 0.15) is 17.3 Å². The summed E-state index contributed by atoms with van der Waals surface area (Å²) in [5.41, 5.74) is 1.93. The standard InChI is InChI=1S/C20H23N3O3/c1-3-12-26-18-10-8-16(9-11-18)23-19(24)14-22-17-7-5-6-15(13-17)20(25)21-4-2/h3,5-11,13,22H,1,4,12,14H2,2H3,(H,21,25)(H,23,24). The second-order valence-corrected chi connectivity index (χ2v) is 5.47. The van der Waals surface area contributed by atoms with E-state index >= 15 is 0 Å². The summed E-state index contributed by atoms with van der Waals surface area (Å²) in [6.07, 6.45) is 1.67. The van der Waals surface area contributed by atoms with Gasteiger partial charge in [0, 0.05) is 23.5 Å². The van der Waals surface area contributed by atoms with Gasteiger partial charge >= 0.3 is 0 Å². The number of carbonyl (C=O) groups excluding carboxylic acids is 2. The average Bonchev–Trinajstić information content (AvgIpc) is 2.66. The third-order valence-electron chi connectivity index (χ3n) is 3.42. The fourth-order valence-corrected chi connectivity index (χ4v) is 2.21. The maximum Gasteiger partial charge on any atom is 0.251 e. The molecule has 6 heteroatoms. The molecule has 26 heavy (non-hydrogen) atoms. The number of anilines is 2. The highest BCUT2D eigenvalue weighted by Gasteiger charge is 2.06. The minimum absolute atomic E-state index is 0.0908. The normalized spacial score (nSPS) is 9.88. The van der Waals surface area contributed by atoms with Crippen LogP contribution in [0.3, 0.4) is 0 Å². The molecule has 0 aromatic heterocycles. The molecule has 0 bridgehead atoms. The predicted octanol–water partition coefficient (Wildman–Crippen LogP) is 3.05. The molecule has 2 amide bonds. The lowest BCUT2D eigenvalue weighted by Crippen LogP contribution is -2.23. The molecule has 0 aliphatic rings. The first-order valence-corrected chi connectivity index (χ1v) is 8.38. The molecule has 2 aromatic carbocycles. The highest BCUT2D eigenvalue weighted by atomic mass is 16.5. The van der Waals surface area contributed by atoms with Crippen LogP contribution in [0.25, 0.3) is 0 Å². The van der Waals surface area contributed by atoms with Gasteiger partial charge in [-0.05, 0) is 49.4 Å². The van der Waals surface area contributed by atoms with Gasteiger partial charge in [-0.1, -0.05) is 18.7 Å². The number of rotatable bonds is 9. The molecule has 136 valence electrons. The van der Waals surface area contributed by atoms with E-state index in [9.17, 15) is 9.59 Å². The average molecular weight is 353 g/mol. The van der Waals surface area contributed by atoms with Crippen LogP contribution >= 0.6 is 0 Å². The number of carbonyl (C=O) groups is 2. The fourth-order valence-electron chi connectivity index (χ4n) is 2.21. The van der Waals surface area contributed by atoms with Gasteiger partial charge in [0.05, 0.1) is 6.54 Å². The predicted molar refractivity (Wildman–Crippen MR) is 104 cm³/mol. The first kappa shape index (κ1) is 19.1. The SMILES string of the molecule is C=CCOc1ccc(NC(=O)CNc2cccc(C(=O)NCC)c2)cc1. The first-order valence-electron chi connectivity index (χ1n) is 8.38. The molecule has 0 heterocycles. The van der Waals surface area contributed by atoms with Gasteiger partial charge in [0.15, 0.2) is 0 Å². The third kappa shape index (κ3) is 5.98. The van der Waals surface area contributed by atoms with Crippen molar-refractivity contribution in [3.8, 4) is 5.75 Å². The van der Waals surface area contributed by atoms with Crippen molar-refractivity contribution < 1.29 is 14.3 Å². The van der Waals surface area contributed by atoms with Crippen LogP contribution in [0.2, 0.25) is 0 Å². The Morgan fingerprint density at radius 3 is 2.58 bits per heavy atom. The van der Waals surface area contributed by atoms with Crippen molar-refractivity contribution in [3.63, 3.8) is 0 Å². The zero-order chi connectivity index (χ0) is 18.8. The van der Waals surface area contributed by atoms with E-state index in [1.807, 2.05) is 13.0 Å². The van der Waals surface area contributed by atoms with Gasteiger partial charge < -0.3 is 20.7 Å². The van der Waals surface area contributed by atoms with Crippen molar-refractivity contribution in [2.45, 2.75) is 6.92 Å². The Bertz CT molecular complexity index is 757. The summed E-state index contributed by atoms with van der Waals surface area (Å²) in [6, 6.07) is 14.1. The lowest BCUT2D eigenvalue weighted by molar-refractivity contribution is -0.114. The molecule has 2 aromatic rings. The van der Waals surface area contributed by atoms with E-state index in [2.05, 4.69) is 22.5 Å². The van der Waals surface area contributed by atoms with Crippen molar-refractivity contribution in [1.29, 1.82) is 0 Å². The largest absolute Gasteiger partial charge is 0.490 e. The number of nitrogens with one attached hydrogen (secondary N) is 3. The zero-order valence-corrected chi connectivity index (χ0v) is 14.7. The van der Waals surface area contributed by atoms with Crippen molar-refractivity contribution >= 4 is 23.2 Å². The highest BCUT2D eigenvalue weighted by Crippen LogP contribution is 2.16. The summed E-state index contributed by atoms with van der Waals surface area (Å²) in [4.78, 5) is 23.9. The fraction of sp³-hybridized carbons (Fsp3) is 0.200. The minimum Gasteiger partial charge on any atom is -0.490 e. The summed E-state index contributed by atoms with van der Waals surface area (Å²) >= 11 is 0. The van der Waals surface area contributed by atoms with E-state index in [1.54, 1.807) is 48.5 Å².